The van der Waals surface area contributed by atoms with Gasteiger partial charge in [0.15, 0.2) is 0 Å². The van der Waals surface area contributed by atoms with E-state index in [0.717, 1.165) is 22.3 Å². The number of anilines is 1. The Labute approximate surface area is 120 Å². The molecule has 0 aliphatic heterocycles. The van der Waals surface area contributed by atoms with Gasteiger partial charge >= 0.3 is 0 Å². The topological polar surface area (TPSA) is 27.0 Å². The second-order valence-electron chi connectivity index (χ2n) is 4.22. The highest BCUT2D eigenvalue weighted by molar-refractivity contribution is 9.10. The number of thiophene rings is 1. The van der Waals surface area contributed by atoms with Crippen molar-refractivity contribution in [3.63, 3.8) is 0 Å². The molecule has 0 amide bonds. The summed E-state index contributed by atoms with van der Waals surface area (Å²) in [5.41, 5.74) is 2.88. The molecule has 0 bridgehead atoms. The lowest BCUT2D eigenvalue weighted by atomic mass is 10.1. The van der Waals surface area contributed by atoms with Crippen LogP contribution in [0.15, 0.2) is 34.1 Å². The Balaban J connectivity index is 2.26. The third-order valence-corrected chi connectivity index (χ3v) is 4.38. The van der Waals surface area contributed by atoms with Crippen molar-refractivity contribution in [2.75, 3.05) is 11.9 Å². The van der Waals surface area contributed by atoms with Gasteiger partial charge in [-0.3, -0.25) is 0 Å². The van der Waals surface area contributed by atoms with Crippen LogP contribution in [0.1, 0.15) is 16.0 Å². The number of rotatable bonds is 3. The van der Waals surface area contributed by atoms with Gasteiger partial charge in [0.05, 0.1) is 17.8 Å². The second-order valence-corrected chi connectivity index (χ2v) is 6.13. The molecule has 0 unspecified atom stereocenters. The lowest BCUT2D eigenvalue weighted by Gasteiger charge is -2.20. The zero-order valence-corrected chi connectivity index (χ0v) is 12.7. The Morgan fingerprint density at radius 1 is 1.39 bits per heavy atom. The average molecular weight is 321 g/mol. The molecule has 4 heteroatoms. The van der Waals surface area contributed by atoms with Gasteiger partial charge < -0.3 is 4.90 Å². The summed E-state index contributed by atoms with van der Waals surface area (Å²) in [6, 6.07) is 10.3. The minimum atomic E-state index is 0.721. The Bertz CT molecular complexity index is 598. The summed E-state index contributed by atoms with van der Waals surface area (Å²) in [4.78, 5) is 3.39. The fraction of sp³-hybridized carbons (Fsp3) is 0.214. The SMILES string of the molecule is Cc1ccc(C#N)c(N(C)Cc2cc(Br)cs2)c1. The molecule has 0 aliphatic rings. The van der Waals surface area contributed by atoms with Crippen LogP contribution in [0, 0.1) is 18.3 Å². The van der Waals surface area contributed by atoms with Crippen molar-refractivity contribution in [2.24, 2.45) is 0 Å². The van der Waals surface area contributed by atoms with Gasteiger partial charge in [0.25, 0.3) is 0 Å². The maximum absolute atomic E-state index is 9.15. The van der Waals surface area contributed by atoms with Gasteiger partial charge in [-0.1, -0.05) is 6.07 Å². The zero-order chi connectivity index (χ0) is 13.1. The molecule has 0 fully saturated rings. The molecule has 1 aromatic carbocycles. The first kappa shape index (κ1) is 13.1. The van der Waals surface area contributed by atoms with Crippen molar-refractivity contribution in [1.82, 2.24) is 0 Å². The first-order chi connectivity index (χ1) is 8.60. The van der Waals surface area contributed by atoms with Gasteiger partial charge in [-0.15, -0.1) is 11.3 Å². The molecule has 2 rings (SSSR count). The number of hydrogen-bond acceptors (Lipinski definition) is 3. The van der Waals surface area contributed by atoms with Crippen LogP contribution in [0.3, 0.4) is 0 Å². The molecule has 0 saturated heterocycles. The molecule has 0 saturated carbocycles. The quantitative estimate of drug-likeness (QED) is 0.841. The minimum absolute atomic E-state index is 0.721. The van der Waals surface area contributed by atoms with E-state index in [1.165, 1.54) is 10.4 Å². The van der Waals surface area contributed by atoms with E-state index < -0.39 is 0 Å². The summed E-state index contributed by atoms with van der Waals surface area (Å²) < 4.78 is 1.11. The molecular formula is C14H13BrN2S. The molecule has 0 atom stereocenters. The van der Waals surface area contributed by atoms with Crippen LogP contribution >= 0.6 is 27.3 Å². The Morgan fingerprint density at radius 3 is 2.78 bits per heavy atom. The number of benzene rings is 1. The number of hydrogen-bond donors (Lipinski definition) is 0. The van der Waals surface area contributed by atoms with Crippen LogP contribution in [0.2, 0.25) is 0 Å². The smallest absolute Gasteiger partial charge is 0.101 e. The predicted molar refractivity (Wildman–Crippen MR) is 80.0 cm³/mol. The van der Waals surface area contributed by atoms with E-state index in [0.29, 0.717) is 0 Å². The van der Waals surface area contributed by atoms with Crippen LogP contribution in [0.5, 0.6) is 0 Å². The summed E-state index contributed by atoms with van der Waals surface area (Å²) in [7, 11) is 2.02. The maximum atomic E-state index is 9.15. The molecule has 92 valence electrons. The fourth-order valence-electron chi connectivity index (χ4n) is 1.81. The molecule has 2 nitrogen and oxygen atoms in total. The zero-order valence-electron chi connectivity index (χ0n) is 10.3. The maximum Gasteiger partial charge on any atom is 0.101 e. The van der Waals surface area contributed by atoms with Crippen molar-refractivity contribution >= 4 is 33.0 Å². The standard InChI is InChI=1S/C14H13BrN2S/c1-10-3-4-11(7-16)14(5-10)17(2)8-13-6-12(15)9-18-13/h3-6,9H,8H2,1-2H3. The molecule has 0 spiro atoms. The largest absolute Gasteiger partial charge is 0.368 e. The van der Waals surface area contributed by atoms with E-state index in [9.17, 15) is 0 Å². The summed E-state index contributed by atoms with van der Waals surface area (Å²) in [6.07, 6.45) is 0. The molecular weight excluding hydrogens is 308 g/mol. The monoisotopic (exact) mass is 320 g/mol. The van der Waals surface area contributed by atoms with Crippen molar-refractivity contribution in [2.45, 2.75) is 13.5 Å². The highest BCUT2D eigenvalue weighted by atomic mass is 79.9. The summed E-state index contributed by atoms with van der Waals surface area (Å²) in [5.74, 6) is 0. The molecule has 2 aromatic rings. The Morgan fingerprint density at radius 2 is 2.17 bits per heavy atom. The van der Waals surface area contributed by atoms with Crippen molar-refractivity contribution in [1.29, 1.82) is 5.26 Å². The molecule has 0 aliphatic carbocycles. The van der Waals surface area contributed by atoms with E-state index in [2.05, 4.69) is 44.4 Å². The molecule has 1 heterocycles. The number of nitriles is 1. The van der Waals surface area contributed by atoms with Gasteiger partial charge in [-0.2, -0.15) is 5.26 Å². The highest BCUT2D eigenvalue weighted by Crippen LogP contribution is 2.25. The lowest BCUT2D eigenvalue weighted by Crippen LogP contribution is -2.16. The second kappa shape index (κ2) is 5.55. The van der Waals surface area contributed by atoms with Crippen LogP contribution in [0.4, 0.5) is 5.69 Å². The molecule has 0 radical (unpaired) electrons. The van der Waals surface area contributed by atoms with Crippen molar-refractivity contribution in [3.05, 3.63) is 50.1 Å². The van der Waals surface area contributed by atoms with Crippen LogP contribution in [-0.2, 0) is 6.54 Å². The van der Waals surface area contributed by atoms with E-state index in [-0.39, 0.29) is 0 Å². The van der Waals surface area contributed by atoms with Gasteiger partial charge in [0.1, 0.15) is 6.07 Å². The van der Waals surface area contributed by atoms with E-state index in [1.807, 2.05) is 26.1 Å². The van der Waals surface area contributed by atoms with Gasteiger partial charge in [0, 0.05) is 21.8 Å². The van der Waals surface area contributed by atoms with Crippen molar-refractivity contribution in [3.8, 4) is 6.07 Å². The van der Waals surface area contributed by atoms with Crippen molar-refractivity contribution < 1.29 is 0 Å². The molecule has 0 N–H and O–H groups in total. The van der Waals surface area contributed by atoms with Gasteiger partial charge in [-0.25, -0.2) is 0 Å². The van der Waals surface area contributed by atoms with Crippen LogP contribution < -0.4 is 4.90 Å². The average Bonchev–Trinajstić information content (AvgIpc) is 2.74. The molecule has 1 aromatic heterocycles. The predicted octanol–water partition coefficient (Wildman–Crippen LogP) is 4.33. The number of nitrogens with zero attached hydrogens (tertiary/aromatic N) is 2. The van der Waals surface area contributed by atoms with Gasteiger partial charge in [-0.05, 0) is 46.6 Å². The summed E-state index contributed by atoms with van der Waals surface area (Å²) in [5, 5.41) is 11.2. The van der Waals surface area contributed by atoms with Crippen LogP contribution in [-0.4, -0.2) is 7.05 Å². The van der Waals surface area contributed by atoms with E-state index in [4.69, 9.17) is 5.26 Å². The summed E-state index contributed by atoms with van der Waals surface area (Å²) in [6.45, 7) is 2.86. The third kappa shape index (κ3) is 2.92. The number of halogens is 1. The van der Waals surface area contributed by atoms with E-state index in [1.54, 1.807) is 11.3 Å². The number of aryl methyl sites for hydroxylation is 1. The highest BCUT2D eigenvalue weighted by Gasteiger charge is 2.09. The lowest BCUT2D eigenvalue weighted by molar-refractivity contribution is 0.936. The van der Waals surface area contributed by atoms with Gasteiger partial charge in [0.2, 0.25) is 0 Å². The Hall–Kier alpha value is -1.31. The van der Waals surface area contributed by atoms with Crippen LogP contribution in [0.25, 0.3) is 0 Å². The van der Waals surface area contributed by atoms with E-state index >= 15 is 0 Å². The minimum Gasteiger partial charge on any atom is -0.368 e. The summed E-state index contributed by atoms with van der Waals surface area (Å²) >= 11 is 5.18. The first-order valence-corrected chi connectivity index (χ1v) is 7.22. The normalized spacial score (nSPS) is 10.1. The third-order valence-electron chi connectivity index (χ3n) is 2.70. The molecule has 18 heavy (non-hydrogen) atoms. The fourth-order valence-corrected chi connectivity index (χ4v) is 3.31. The first-order valence-electron chi connectivity index (χ1n) is 5.55. The Kier molecular flexibility index (Phi) is 4.05.